The van der Waals surface area contributed by atoms with E-state index in [-0.39, 0.29) is 0 Å². The SMILES string of the molecule is CC(=O)N[C@H]1[C@H](O[C@H]2[C@H](O[C@@H]3O[C@@H](C)[C@@H](O)[C@@H](O)[C@@H]3O)[C@@H](NC(C)=O)C(O)O[C@@H]2CO)O[C@H](CO)[C@@H](O[C@@H]2O[C@H](CO[C@H]3O[C@H](CO)[C@@H](O)[C@H](O)[C@@H]3O)[C@@H](O)[C@H](O[C@H]3O[C@H](CO)[C@@H](O[C@@H]4O[C@H](CO)[C@@H](O)[C@H](O[C@@H]5O[C@H](CO)[C@H](O)[C@H](O)[C@H]5O)[C@H]4NC(C)=O)[C@H](O)[C@@H]3O)[C@@H]2O[C@@H]2OC[C@@H](O)[C@H](O)[C@H]2O)[C@@H]1O. The lowest BCUT2D eigenvalue weighted by Crippen LogP contribution is -2.71. The Labute approximate surface area is 600 Å². The fourth-order valence-corrected chi connectivity index (χ4v) is 13.7. The Morgan fingerprint density at radius 2 is 0.670 bits per heavy atom. The van der Waals surface area contributed by atoms with Crippen LogP contribution in [0.25, 0.3) is 0 Å². The zero-order chi connectivity index (χ0) is 77.9. The van der Waals surface area contributed by atoms with Crippen LogP contribution in [0.1, 0.15) is 27.7 Å². The summed E-state index contributed by atoms with van der Waals surface area (Å²) in [5, 5.41) is 272. The fraction of sp³-hybridized carbons (Fsp3) is 0.949. The average molecular weight is 1550 g/mol. The molecule has 0 bridgehead atoms. The maximum Gasteiger partial charge on any atom is 0.217 e. The van der Waals surface area contributed by atoms with E-state index in [4.69, 9.17) is 80.5 Å². The third-order valence-electron chi connectivity index (χ3n) is 19.5. The van der Waals surface area contributed by atoms with Gasteiger partial charge >= 0.3 is 0 Å². The van der Waals surface area contributed by atoms with E-state index in [0.29, 0.717) is 0 Å². The van der Waals surface area contributed by atoms with Crippen LogP contribution in [0.15, 0.2) is 0 Å². The summed E-state index contributed by atoms with van der Waals surface area (Å²) >= 11 is 0. The lowest BCUT2D eigenvalue weighted by molar-refractivity contribution is -0.408. The third-order valence-corrected chi connectivity index (χ3v) is 19.5. The number of ether oxygens (including phenoxy) is 17. The molecule has 9 fully saturated rings. The zero-order valence-corrected chi connectivity index (χ0v) is 57.0. The first-order valence-corrected chi connectivity index (χ1v) is 33.9. The van der Waals surface area contributed by atoms with Gasteiger partial charge in [0.2, 0.25) is 17.7 Å². The summed E-state index contributed by atoms with van der Waals surface area (Å²) in [7, 11) is 0. The first kappa shape index (κ1) is 86.7. The molecule has 27 N–H and O–H groups in total. The smallest absolute Gasteiger partial charge is 0.217 e. The van der Waals surface area contributed by atoms with Crippen molar-refractivity contribution in [3.63, 3.8) is 0 Å². The Morgan fingerprint density at radius 1 is 0.302 bits per heavy atom. The summed E-state index contributed by atoms with van der Waals surface area (Å²) in [5.74, 6) is -2.72. The van der Waals surface area contributed by atoms with Gasteiger partial charge in [-0.25, -0.2) is 0 Å². The minimum atomic E-state index is -2.52. The van der Waals surface area contributed by atoms with E-state index in [1.165, 1.54) is 6.92 Å². The third kappa shape index (κ3) is 18.8. The Balaban J connectivity index is 1.06. The molecule has 0 aromatic heterocycles. The highest BCUT2D eigenvalue weighted by Gasteiger charge is 2.61. The molecule has 3 amide bonds. The molecule has 9 saturated heterocycles. The number of aliphatic hydroxyl groups is 24. The minimum absolute atomic E-state index is 0.812. The molecule has 44 atom stereocenters. The highest BCUT2D eigenvalue weighted by atomic mass is 16.8. The van der Waals surface area contributed by atoms with E-state index in [1.54, 1.807) is 0 Å². The Morgan fingerprint density at radius 3 is 1.24 bits per heavy atom. The second kappa shape index (κ2) is 37.6. The first-order chi connectivity index (χ1) is 50.1. The Kier molecular flexibility index (Phi) is 30.8. The van der Waals surface area contributed by atoms with E-state index >= 15 is 0 Å². The van der Waals surface area contributed by atoms with Crippen LogP contribution < -0.4 is 16.0 Å². The largest absolute Gasteiger partial charge is 0.394 e. The van der Waals surface area contributed by atoms with Gasteiger partial charge in [-0.1, -0.05) is 0 Å². The molecule has 9 rings (SSSR count). The average Bonchev–Trinajstić information content (AvgIpc) is 0.760. The highest BCUT2D eigenvalue weighted by molar-refractivity contribution is 5.74. The lowest BCUT2D eigenvalue weighted by atomic mass is 9.93. The van der Waals surface area contributed by atoms with Gasteiger partial charge in [0.15, 0.2) is 56.6 Å². The second-order valence-electron chi connectivity index (χ2n) is 27.0. The number of rotatable bonds is 26. The molecule has 0 aromatic carbocycles. The molecule has 47 nitrogen and oxygen atoms in total. The van der Waals surface area contributed by atoms with Gasteiger partial charge in [0.05, 0.1) is 59.0 Å². The van der Waals surface area contributed by atoms with Crippen molar-refractivity contribution in [2.75, 3.05) is 52.9 Å². The van der Waals surface area contributed by atoms with Crippen LogP contribution in [0.5, 0.6) is 0 Å². The van der Waals surface area contributed by atoms with Crippen molar-refractivity contribution in [3.8, 4) is 0 Å². The standard InChI is InChI=1S/C59H99N3O44/c1-13-28(73)35(80)41(86)56(92-13)104-48-26(61-15(3)70)51(89)93-23(10-68)46(48)102-52-25(60-14(2)69)34(79)44(21(8-66)97-52)101-59-50(106-55-39(84)29(74)17(72)11-90-55)49(33(78)24(99-59)12-91-54-40(85)36(81)30(75)18(5-63)95-54)105-58-43(88)38(83)45(22(9-67)98-58)100-53-27(62-16(4)71)47(32(77)20(7-65)94-53)103-57-42(87)37(82)31(76)19(6-64)96-57/h13,17-59,63-68,72-89H,5-12H2,1-4H3,(H,60,69)(H,61,70)(H,62,71)/t13-,17+,18+,19+,20+,21+,22+,23+,24+,25+,26+,27+,28+,29-,30+,31-,32+,33+,34+,35+,36-,37-,38+,39+,40-,41-,42+,43-,44+,45+,46+,47+,48+,49-,50-,51?,52-,53-,54-,55-,56-,57-,58+,59-/m0/s1. The fourth-order valence-electron chi connectivity index (χ4n) is 13.7. The van der Waals surface area contributed by atoms with Crippen LogP contribution >= 0.6 is 0 Å². The zero-order valence-electron chi connectivity index (χ0n) is 57.0. The van der Waals surface area contributed by atoms with Gasteiger partial charge < -0.3 is 219 Å². The molecular formula is C59H99N3O44. The minimum Gasteiger partial charge on any atom is -0.394 e. The molecule has 9 aliphatic rings. The Bertz CT molecular complexity index is 2760. The molecule has 0 spiro atoms. The second-order valence-corrected chi connectivity index (χ2v) is 27.0. The summed E-state index contributed by atoms with van der Waals surface area (Å²) in [5.41, 5.74) is 0. The molecule has 0 aliphatic carbocycles. The molecule has 47 heteroatoms. The summed E-state index contributed by atoms with van der Waals surface area (Å²) in [6.07, 6.45) is -83.6. The number of hydrogen-bond acceptors (Lipinski definition) is 44. The lowest BCUT2D eigenvalue weighted by Gasteiger charge is -2.52. The van der Waals surface area contributed by atoms with Crippen molar-refractivity contribution in [2.45, 2.75) is 298 Å². The molecular weight excluding hydrogens is 1450 g/mol. The van der Waals surface area contributed by atoms with Crippen LogP contribution in [0.3, 0.4) is 0 Å². The van der Waals surface area contributed by atoms with Crippen molar-refractivity contribution in [3.05, 3.63) is 0 Å². The van der Waals surface area contributed by atoms with E-state index in [1.807, 2.05) is 0 Å². The van der Waals surface area contributed by atoms with Gasteiger partial charge in [-0.2, -0.15) is 0 Å². The van der Waals surface area contributed by atoms with Gasteiger partial charge in [0, 0.05) is 20.8 Å². The van der Waals surface area contributed by atoms with E-state index in [0.717, 1.165) is 20.8 Å². The predicted octanol–water partition coefficient (Wildman–Crippen LogP) is -18.5. The highest BCUT2D eigenvalue weighted by Crippen LogP contribution is 2.40. The van der Waals surface area contributed by atoms with Crippen LogP contribution in [0.4, 0.5) is 0 Å². The molecule has 1 unspecified atom stereocenters. The van der Waals surface area contributed by atoms with Crippen LogP contribution in [-0.2, 0) is 94.9 Å². The monoisotopic (exact) mass is 1550 g/mol. The van der Waals surface area contributed by atoms with Crippen molar-refractivity contribution in [2.24, 2.45) is 0 Å². The summed E-state index contributed by atoms with van der Waals surface area (Å²) in [6.45, 7) is -4.24. The first-order valence-electron chi connectivity index (χ1n) is 33.9. The number of hydrogen-bond donors (Lipinski definition) is 27. The molecule has 0 saturated carbocycles. The van der Waals surface area contributed by atoms with E-state index < -0.39 is 341 Å². The summed E-state index contributed by atoms with van der Waals surface area (Å²) in [4.78, 5) is 38.8. The normalized spacial score (nSPS) is 50.4. The number of carbonyl (C=O) groups excluding carboxylic acids is 3. The van der Waals surface area contributed by atoms with Crippen molar-refractivity contribution < 1.29 is 217 Å². The van der Waals surface area contributed by atoms with Crippen molar-refractivity contribution >= 4 is 17.7 Å². The van der Waals surface area contributed by atoms with Gasteiger partial charge in [-0.3, -0.25) is 14.4 Å². The van der Waals surface area contributed by atoms with Gasteiger partial charge in [-0.05, 0) is 6.92 Å². The molecule has 614 valence electrons. The van der Waals surface area contributed by atoms with Crippen LogP contribution in [0.2, 0.25) is 0 Å². The maximum absolute atomic E-state index is 13.2. The molecule has 106 heavy (non-hydrogen) atoms. The summed E-state index contributed by atoms with van der Waals surface area (Å²) < 4.78 is 101. The Hall–Kier alpha value is -3.23. The maximum atomic E-state index is 13.2. The van der Waals surface area contributed by atoms with E-state index in [2.05, 4.69) is 16.0 Å². The summed E-state index contributed by atoms with van der Waals surface area (Å²) in [6, 6.07) is -5.57. The van der Waals surface area contributed by atoms with E-state index in [9.17, 15) is 137 Å². The van der Waals surface area contributed by atoms with Crippen LogP contribution in [-0.4, -0.2) is 463 Å². The predicted molar refractivity (Wildman–Crippen MR) is 324 cm³/mol. The van der Waals surface area contributed by atoms with Crippen molar-refractivity contribution in [1.29, 1.82) is 0 Å². The van der Waals surface area contributed by atoms with Gasteiger partial charge in [0.1, 0.15) is 207 Å². The van der Waals surface area contributed by atoms with Crippen LogP contribution in [0, 0.1) is 0 Å². The molecule has 0 aromatic rings. The molecule has 0 radical (unpaired) electrons. The number of nitrogens with one attached hydrogen (secondary N) is 3. The molecule has 9 aliphatic heterocycles. The van der Waals surface area contributed by atoms with Gasteiger partial charge in [0.25, 0.3) is 0 Å². The number of amides is 3. The van der Waals surface area contributed by atoms with Gasteiger partial charge in [-0.15, -0.1) is 0 Å². The quantitative estimate of drug-likeness (QED) is 0.0382. The topological polar surface area (TPSA) is 730 Å². The number of aliphatic hydroxyl groups excluding tert-OH is 24. The molecule has 9 heterocycles. The van der Waals surface area contributed by atoms with Crippen molar-refractivity contribution in [1.82, 2.24) is 16.0 Å². The number of carbonyl (C=O) groups is 3.